The number of carbonyl (C=O) groups is 1. The van der Waals surface area contributed by atoms with Crippen molar-refractivity contribution in [1.29, 1.82) is 0 Å². The summed E-state index contributed by atoms with van der Waals surface area (Å²) < 4.78 is 0. The molecule has 6 heteroatoms. The van der Waals surface area contributed by atoms with Crippen LogP contribution in [-0.2, 0) is 4.79 Å². The number of hydrogen-bond donors (Lipinski definition) is 0. The number of piperazine rings is 1. The summed E-state index contributed by atoms with van der Waals surface area (Å²) in [6.07, 6.45) is 1.22. The number of carbonyl (C=O) groups excluding carboxylic acids is 1. The van der Waals surface area contributed by atoms with Gasteiger partial charge < -0.3 is 4.90 Å². The van der Waals surface area contributed by atoms with Crippen LogP contribution in [0.4, 0.5) is 0 Å². The van der Waals surface area contributed by atoms with Crippen LogP contribution in [0.3, 0.4) is 0 Å². The normalized spacial score (nSPS) is 21.1. The maximum atomic E-state index is 12.1. The summed E-state index contributed by atoms with van der Waals surface area (Å²) in [6, 6.07) is 7.65. The highest BCUT2D eigenvalue weighted by molar-refractivity contribution is 6.30. The molecule has 1 aromatic carbocycles. The van der Waals surface area contributed by atoms with Crippen molar-refractivity contribution < 1.29 is 4.79 Å². The molecule has 0 radical (unpaired) electrons. The minimum absolute atomic E-state index is 0.108. The van der Waals surface area contributed by atoms with Crippen molar-refractivity contribution in [2.24, 2.45) is 5.10 Å². The van der Waals surface area contributed by atoms with Crippen LogP contribution >= 0.6 is 11.6 Å². The Morgan fingerprint density at radius 1 is 1.09 bits per heavy atom. The molecule has 1 amide bonds. The van der Waals surface area contributed by atoms with E-state index in [0.29, 0.717) is 24.5 Å². The predicted octanol–water partition coefficient (Wildman–Crippen LogP) is 1.87. The maximum absolute atomic E-state index is 12.1. The second-order valence-corrected chi connectivity index (χ2v) is 6.35. The quantitative estimate of drug-likeness (QED) is 0.853. The van der Waals surface area contributed by atoms with E-state index >= 15 is 0 Å². The zero-order chi connectivity index (χ0) is 15.5. The number of hydrazone groups is 1. The second kappa shape index (κ2) is 6.77. The number of likely N-dealkylation sites (N-methyl/N-ethyl adjacent to an activating group) is 1. The van der Waals surface area contributed by atoms with Crippen molar-refractivity contribution >= 4 is 23.2 Å². The Morgan fingerprint density at radius 2 is 1.77 bits per heavy atom. The molecule has 2 heterocycles. The highest BCUT2D eigenvalue weighted by Crippen LogP contribution is 2.18. The highest BCUT2D eigenvalue weighted by atomic mass is 35.5. The number of hydrogen-bond acceptors (Lipinski definition) is 4. The first-order valence-electron chi connectivity index (χ1n) is 7.66. The van der Waals surface area contributed by atoms with E-state index in [4.69, 9.17) is 11.6 Å². The van der Waals surface area contributed by atoms with Crippen molar-refractivity contribution in [3.63, 3.8) is 0 Å². The Balaban J connectivity index is 1.70. The van der Waals surface area contributed by atoms with Gasteiger partial charge >= 0.3 is 0 Å². The van der Waals surface area contributed by atoms with Crippen molar-refractivity contribution in [3.8, 4) is 0 Å². The monoisotopic (exact) mass is 320 g/mol. The van der Waals surface area contributed by atoms with E-state index in [1.165, 1.54) is 0 Å². The van der Waals surface area contributed by atoms with Gasteiger partial charge in [0.1, 0.15) is 0 Å². The van der Waals surface area contributed by atoms with Crippen LogP contribution in [0.5, 0.6) is 0 Å². The van der Waals surface area contributed by atoms with Gasteiger partial charge in [0.25, 0.3) is 0 Å². The average molecular weight is 321 g/mol. The SMILES string of the molecule is CN1CCN(CN2N=C(c3ccc(Cl)cc3)CCC2=O)CC1. The zero-order valence-corrected chi connectivity index (χ0v) is 13.6. The van der Waals surface area contributed by atoms with Crippen LogP contribution in [0.2, 0.25) is 5.02 Å². The molecule has 0 aliphatic carbocycles. The lowest BCUT2D eigenvalue weighted by molar-refractivity contribution is -0.134. The smallest absolute Gasteiger partial charge is 0.244 e. The topological polar surface area (TPSA) is 39.1 Å². The molecule has 2 aliphatic rings. The predicted molar refractivity (Wildman–Crippen MR) is 88.0 cm³/mol. The van der Waals surface area contributed by atoms with E-state index in [-0.39, 0.29) is 5.91 Å². The van der Waals surface area contributed by atoms with Gasteiger partial charge in [-0.1, -0.05) is 23.7 Å². The molecule has 5 nitrogen and oxygen atoms in total. The fraction of sp³-hybridized carbons (Fsp3) is 0.500. The largest absolute Gasteiger partial charge is 0.304 e. The first-order valence-corrected chi connectivity index (χ1v) is 8.04. The summed E-state index contributed by atoms with van der Waals surface area (Å²) in [6.45, 7) is 4.62. The molecule has 2 aliphatic heterocycles. The molecule has 1 aromatic rings. The van der Waals surface area contributed by atoms with Gasteiger partial charge in [-0.25, -0.2) is 5.01 Å². The number of halogens is 1. The lowest BCUT2D eigenvalue weighted by Gasteiger charge is -2.35. The highest BCUT2D eigenvalue weighted by Gasteiger charge is 2.24. The molecule has 0 spiro atoms. The van der Waals surface area contributed by atoms with Crippen LogP contribution in [0.25, 0.3) is 0 Å². The first-order chi connectivity index (χ1) is 10.6. The molecular formula is C16H21ClN4O. The third-order valence-electron chi connectivity index (χ3n) is 4.21. The van der Waals surface area contributed by atoms with Crippen molar-refractivity contribution in [1.82, 2.24) is 14.8 Å². The van der Waals surface area contributed by atoms with Crippen molar-refractivity contribution in [3.05, 3.63) is 34.9 Å². The molecule has 0 atom stereocenters. The molecular weight excluding hydrogens is 300 g/mol. The minimum atomic E-state index is 0.108. The number of rotatable bonds is 3. The van der Waals surface area contributed by atoms with Crippen molar-refractivity contribution in [2.75, 3.05) is 39.9 Å². The summed E-state index contributed by atoms with van der Waals surface area (Å²) in [4.78, 5) is 16.7. The minimum Gasteiger partial charge on any atom is -0.304 e. The summed E-state index contributed by atoms with van der Waals surface area (Å²) in [5, 5.41) is 6.92. The standard InChI is InChI=1S/C16H21ClN4O/c1-19-8-10-20(11-9-19)12-21-16(22)7-6-15(18-21)13-2-4-14(17)5-3-13/h2-5H,6-12H2,1H3. The molecule has 0 bridgehead atoms. The third kappa shape index (κ3) is 3.66. The molecule has 0 unspecified atom stereocenters. The van der Waals surface area contributed by atoms with Gasteiger partial charge in [-0.15, -0.1) is 0 Å². The van der Waals surface area contributed by atoms with Crippen LogP contribution in [0, 0.1) is 0 Å². The fourth-order valence-electron chi connectivity index (χ4n) is 2.74. The molecule has 0 aromatic heterocycles. The maximum Gasteiger partial charge on any atom is 0.244 e. The Bertz CT molecular complexity index is 564. The fourth-order valence-corrected chi connectivity index (χ4v) is 2.87. The van der Waals surface area contributed by atoms with E-state index < -0.39 is 0 Å². The van der Waals surface area contributed by atoms with Crippen LogP contribution in [0.1, 0.15) is 18.4 Å². The molecule has 0 saturated carbocycles. The van der Waals surface area contributed by atoms with E-state index in [9.17, 15) is 4.79 Å². The van der Waals surface area contributed by atoms with E-state index in [2.05, 4.69) is 21.9 Å². The van der Waals surface area contributed by atoms with Gasteiger partial charge in [0.05, 0.1) is 12.4 Å². The Morgan fingerprint density at radius 3 is 2.45 bits per heavy atom. The molecule has 22 heavy (non-hydrogen) atoms. The summed E-state index contributed by atoms with van der Waals surface area (Å²) in [7, 11) is 2.13. The Labute approximate surface area is 136 Å². The lowest BCUT2D eigenvalue weighted by atomic mass is 10.0. The molecule has 118 valence electrons. The van der Waals surface area contributed by atoms with Gasteiger partial charge in [-0.2, -0.15) is 5.10 Å². The molecule has 1 saturated heterocycles. The van der Waals surface area contributed by atoms with Crippen LogP contribution < -0.4 is 0 Å². The van der Waals surface area contributed by atoms with Crippen LogP contribution in [-0.4, -0.2) is 66.3 Å². The molecule has 0 N–H and O–H groups in total. The van der Waals surface area contributed by atoms with Gasteiger partial charge in [-0.3, -0.25) is 9.69 Å². The summed E-state index contributed by atoms with van der Waals surface area (Å²) >= 11 is 5.93. The van der Waals surface area contributed by atoms with Gasteiger partial charge in [0.2, 0.25) is 5.91 Å². The van der Waals surface area contributed by atoms with E-state index in [0.717, 1.165) is 37.5 Å². The van der Waals surface area contributed by atoms with Gasteiger partial charge in [0, 0.05) is 44.0 Å². The number of amides is 1. The Hall–Kier alpha value is -1.43. The summed E-state index contributed by atoms with van der Waals surface area (Å²) in [5.74, 6) is 0.108. The average Bonchev–Trinajstić information content (AvgIpc) is 2.52. The third-order valence-corrected chi connectivity index (χ3v) is 4.46. The van der Waals surface area contributed by atoms with E-state index in [1.54, 1.807) is 5.01 Å². The first kappa shape index (κ1) is 15.5. The van der Waals surface area contributed by atoms with Crippen molar-refractivity contribution in [2.45, 2.75) is 12.8 Å². The zero-order valence-electron chi connectivity index (χ0n) is 12.8. The molecule has 3 rings (SSSR count). The summed E-state index contributed by atoms with van der Waals surface area (Å²) in [5.41, 5.74) is 2.01. The number of nitrogens with zero attached hydrogens (tertiary/aromatic N) is 4. The molecule has 1 fully saturated rings. The number of benzene rings is 1. The van der Waals surface area contributed by atoms with Crippen LogP contribution in [0.15, 0.2) is 29.4 Å². The van der Waals surface area contributed by atoms with E-state index in [1.807, 2.05) is 24.3 Å². The Kier molecular flexibility index (Phi) is 4.76. The second-order valence-electron chi connectivity index (χ2n) is 5.91. The van der Waals surface area contributed by atoms with Gasteiger partial charge in [0.15, 0.2) is 0 Å². The van der Waals surface area contributed by atoms with Gasteiger partial charge in [-0.05, 0) is 24.7 Å². The lowest BCUT2D eigenvalue weighted by Crippen LogP contribution is -2.49.